The average molecular weight is 318 g/mol. The summed E-state index contributed by atoms with van der Waals surface area (Å²) in [4.78, 5) is 7.23. The van der Waals surface area contributed by atoms with Crippen molar-refractivity contribution in [2.75, 3.05) is 20.3 Å². The van der Waals surface area contributed by atoms with Crippen LogP contribution in [0.5, 0.6) is 0 Å². The second-order valence-electron chi connectivity index (χ2n) is 2.46. The molecule has 0 saturated heterocycles. The molecule has 1 aliphatic heterocycles. The van der Waals surface area contributed by atoms with Gasteiger partial charge in [0.05, 0.1) is 6.61 Å². The van der Waals surface area contributed by atoms with Gasteiger partial charge in [-0.3, -0.25) is 4.84 Å². The Hall–Kier alpha value is 1.17. The molecule has 1 rings (SSSR count). The minimum absolute atomic E-state index is 0.734. The van der Waals surface area contributed by atoms with Gasteiger partial charge in [0.2, 0.25) is 0 Å². The molecule has 84 valence electrons. The van der Waals surface area contributed by atoms with E-state index in [2.05, 4.69) is 4.90 Å². The number of hydrogen-bond acceptors (Lipinski definition) is 3. The molecule has 0 atom stereocenters. The number of halogens is 4. The van der Waals surface area contributed by atoms with E-state index in [9.17, 15) is 0 Å². The number of rotatable bonds is 2. The Morgan fingerprint density at radius 2 is 1.79 bits per heavy atom. The van der Waals surface area contributed by atoms with Gasteiger partial charge in [-0.25, -0.2) is 5.06 Å². The zero-order valence-electron chi connectivity index (χ0n) is 7.88. The van der Waals surface area contributed by atoms with Gasteiger partial charge >= 0.3 is 49.6 Å². The van der Waals surface area contributed by atoms with Gasteiger partial charge in [-0.05, 0) is 6.92 Å². The van der Waals surface area contributed by atoms with Crippen LogP contribution in [0.15, 0.2) is 12.4 Å². The summed E-state index contributed by atoms with van der Waals surface area (Å²) in [6, 6.07) is 0. The van der Waals surface area contributed by atoms with E-state index >= 15 is 0 Å². The van der Waals surface area contributed by atoms with Crippen LogP contribution < -0.4 is 0 Å². The third kappa shape index (κ3) is 11.3. The molecule has 14 heavy (non-hydrogen) atoms. The van der Waals surface area contributed by atoms with Crippen molar-refractivity contribution >= 4 is 37.2 Å². The molecule has 0 unspecified atom stereocenters. The monoisotopic (exact) mass is 316 g/mol. The van der Waals surface area contributed by atoms with E-state index in [1.807, 2.05) is 26.4 Å². The Balaban J connectivity index is 0.000000292. The predicted octanol–water partition coefficient (Wildman–Crippen LogP) is 3.37. The average Bonchev–Trinajstić information content (AvgIpc) is 2.32. The fraction of sp³-hybridized carbons (Fsp3) is 0.667. The Kier molecular flexibility index (Phi) is 8.07. The van der Waals surface area contributed by atoms with E-state index in [4.69, 9.17) is 42.1 Å². The van der Waals surface area contributed by atoms with E-state index in [0.717, 1.165) is 13.3 Å². The van der Waals surface area contributed by atoms with Crippen LogP contribution in [-0.2, 0) is 17.2 Å². The van der Waals surface area contributed by atoms with Crippen molar-refractivity contribution in [1.29, 1.82) is 0 Å². The summed E-state index contributed by atoms with van der Waals surface area (Å²) in [5.41, 5.74) is 0. The van der Waals surface area contributed by atoms with E-state index in [0.29, 0.717) is 0 Å². The van der Waals surface area contributed by atoms with Crippen molar-refractivity contribution < 1.29 is 17.2 Å². The molecule has 0 aliphatic carbocycles. The Bertz CT molecular complexity index is 181. The molecule has 0 saturated carbocycles. The Morgan fingerprint density at radius 3 is 2.07 bits per heavy atom. The van der Waals surface area contributed by atoms with Crippen molar-refractivity contribution in [3.8, 4) is 0 Å². The summed E-state index contributed by atoms with van der Waals surface area (Å²) in [6.45, 7) is 3.55. The van der Waals surface area contributed by atoms with Crippen LogP contribution in [0.25, 0.3) is 0 Å². The number of hydrogen-bond donors (Lipinski definition) is 0. The van der Waals surface area contributed by atoms with Gasteiger partial charge in [-0.15, -0.1) is 0 Å². The molecule has 0 aromatic rings. The molecule has 0 spiro atoms. The van der Waals surface area contributed by atoms with Gasteiger partial charge in [0, 0.05) is 19.4 Å². The summed E-state index contributed by atoms with van der Waals surface area (Å²) in [5.74, 6) is 0. The molecule has 3 nitrogen and oxygen atoms in total. The van der Waals surface area contributed by atoms with Gasteiger partial charge in [0.25, 0.3) is 0 Å². The third-order valence-corrected chi connectivity index (χ3v) is 1.14. The molecular formula is C6H12Cl4N2OTi. The van der Waals surface area contributed by atoms with Crippen LogP contribution in [-0.4, -0.2) is 30.3 Å². The molecule has 0 N–H and O–H groups in total. The third-order valence-electron chi connectivity index (χ3n) is 1.14. The van der Waals surface area contributed by atoms with Crippen molar-refractivity contribution in [1.82, 2.24) is 9.96 Å². The predicted molar refractivity (Wildman–Crippen MR) is 58.6 cm³/mol. The summed E-state index contributed by atoms with van der Waals surface area (Å²) >= 11 is -3.11. The first-order valence-corrected chi connectivity index (χ1v) is 12.5. The van der Waals surface area contributed by atoms with E-state index in [1.54, 1.807) is 5.06 Å². The van der Waals surface area contributed by atoms with Gasteiger partial charge in [-0.1, -0.05) is 0 Å². The molecule has 1 heterocycles. The fourth-order valence-electron chi connectivity index (χ4n) is 0.752. The van der Waals surface area contributed by atoms with Crippen molar-refractivity contribution in [2.24, 2.45) is 0 Å². The number of nitrogens with zero attached hydrogens (tertiary/aromatic N) is 2. The molecule has 0 radical (unpaired) electrons. The minimum atomic E-state index is -3.11. The van der Waals surface area contributed by atoms with Crippen LogP contribution in [0.1, 0.15) is 6.92 Å². The summed E-state index contributed by atoms with van der Waals surface area (Å²) in [7, 11) is 22.1. The van der Waals surface area contributed by atoms with Gasteiger partial charge in [-0.2, -0.15) is 0 Å². The zero-order valence-corrected chi connectivity index (χ0v) is 12.5. The van der Waals surface area contributed by atoms with E-state index < -0.39 is 12.3 Å². The van der Waals surface area contributed by atoms with Crippen LogP contribution in [0.4, 0.5) is 0 Å². The first-order chi connectivity index (χ1) is 6.33. The van der Waals surface area contributed by atoms with E-state index in [1.165, 1.54) is 0 Å². The maximum atomic E-state index is 5.18. The van der Waals surface area contributed by atoms with Crippen molar-refractivity contribution in [3.05, 3.63) is 12.4 Å². The fourth-order valence-corrected chi connectivity index (χ4v) is 0.752. The molecule has 0 aromatic carbocycles. The first kappa shape index (κ1) is 15.2. The molecule has 1 aliphatic rings. The summed E-state index contributed by atoms with van der Waals surface area (Å²) in [5, 5.41) is 1.81. The summed E-state index contributed by atoms with van der Waals surface area (Å²) < 4.78 is 0. The van der Waals surface area contributed by atoms with Crippen LogP contribution in [0.2, 0.25) is 0 Å². The Labute approximate surface area is 103 Å². The van der Waals surface area contributed by atoms with Crippen LogP contribution in [0, 0.1) is 0 Å². The van der Waals surface area contributed by atoms with E-state index in [-0.39, 0.29) is 0 Å². The number of hydroxylamine groups is 2. The Morgan fingerprint density at radius 1 is 1.29 bits per heavy atom. The molecule has 0 aromatic heterocycles. The van der Waals surface area contributed by atoms with Crippen LogP contribution >= 0.6 is 37.2 Å². The van der Waals surface area contributed by atoms with Crippen molar-refractivity contribution in [2.45, 2.75) is 6.92 Å². The molecule has 0 amide bonds. The van der Waals surface area contributed by atoms with Crippen LogP contribution in [0.3, 0.4) is 0 Å². The van der Waals surface area contributed by atoms with Gasteiger partial charge in [0.15, 0.2) is 0 Å². The normalized spacial score (nSPS) is 15.6. The quantitative estimate of drug-likeness (QED) is 0.726. The standard InChI is InChI=1S/C6H12N2O.4ClH.Ti/c1-3-9-8-5-4-7(2)6-8;;;;;/h4-5H,3,6H2,1-2H3;4*1H;/q;;;;;+4/p-4. The van der Waals surface area contributed by atoms with Gasteiger partial charge in [0.1, 0.15) is 6.67 Å². The van der Waals surface area contributed by atoms with Gasteiger partial charge < -0.3 is 4.90 Å². The molecule has 8 heteroatoms. The second kappa shape index (κ2) is 7.45. The topological polar surface area (TPSA) is 15.7 Å². The second-order valence-corrected chi connectivity index (χ2v) is 17.9. The zero-order chi connectivity index (χ0) is 11.2. The van der Waals surface area contributed by atoms with Crippen molar-refractivity contribution in [3.63, 3.8) is 0 Å². The SMILES string of the molecule is CCON1C=CN(C)C1.[Cl][Ti]([Cl])([Cl])[Cl]. The maximum absolute atomic E-state index is 5.18. The molecular weight excluding hydrogens is 306 g/mol. The first-order valence-electron chi connectivity index (χ1n) is 3.86. The molecule has 0 fully saturated rings. The summed E-state index contributed by atoms with van der Waals surface area (Å²) in [6.07, 6.45) is 3.90. The molecule has 0 bridgehead atoms.